The maximum atomic E-state index is 10.9. The minimum absolute atomic E-state index is 0.188. The van der Waals surface area contributed by atoms with E-state index in [9.17, 15) is 10.1 Å². The highest BCUT2D eigenvalue weighted by Crippen LogP contribution is 2.18. The molecule has 0 saturated carbocycles. The second kappa shape index (κ2) is 6.00. The lowest BCUT2D eigenvalue weighted by Crippen LogP contribution is -2.06. The van der Waals surface area contributed by atoms with Crippen molar-refractivity contribution >= 4 is 11.4 Å². The Balaban J connectivity index is 1.98. The molecule has 0 saturated heterocycles. The first-order chi connectivity index (χ1) is 9.16. The molecule has 0 fully saturated rings. The van der Waals surface area contributed by atoms with Crippen LogP contribution in [-0.2, 0) is 6.42 Å². The highest BCUT2D eigenvalue weighted by molar-refractivity contribution is 5.46. The van der Waals surface area contributed by atoms with Crippen molar-refractivity contribution in [3.8, 4) is 0 Å². The molecule has 0 spiro atoms. The van der Waals surface area contributed by atoms with Crippen molar-refractivity contribution in [1.82, 2.24) is 0 Å². The number of para-hydroxylation sites is 1. The van der Waals surface area contributed by atoms with E-state index in [0.29, 0.717) is 13.0 Å². The zero-order valence-corrected chi connectivity index (χ0v) is 10.8. The van der Waals surface area contributed by atoms with E-state index in [1.54, 1.807) is 18.2 Å². The Morgan fingerprint density at radius 2 is 1.95 bits per heavy atom. The van der Waals surface area contributed by atoms with Gasteiger partial charge in [-0.15, -0.1) is 0 Å². The summed E-state index contributed by atoms with van der Waals surface area (Å²) >= 11 is 0. The maximum Gasteiger partial charge on any atom is 0.272 e. The number of benzene rings is 2. The third-order valence-corrected chi connectivity index (χ3v) is 2.93. The molecule has 0 bridgehead atoms. The third kappa shape index (κ3) is 3.55. The minimum atomic E-state index is -0.331. The molecule has 0 aliphatic rings. The van der Waals surface area contributed by atoms with Crippen molar-refractivity contribution < 1.29 is 4.92 Å². The molecule has 0 unspecified atom stereocenters. The van der Waals surface area contributed by atoms with E-state index in [0.717, 1.165) is 11.3 Å². The van der Waals surface area contributed by atoms with Crippen molar-refractivity contribution in [3.63, 3.8) is 0 Å². The van der Waals surface area contributed by atoms with Gasteiger partial charge in [0.25, 0.3) is 5.69 Å². The maximum absolute atomic E-state index is 10.9. The summed E-state index contributed by atoms with van der Waals surface area (Å²) in [5, 5.41) is 14.2. The molecule has 19 heavy (non-hydrogen) atoms. The Labute approximate surface area is 112 Å². The molecule has 2 aromatic rings. The van der Waals surface area contributed by atoms with Crippen molar-refractivity contribution in [2.45, 2.75) is 13.3 Å². The molecule has 2 aromatic carbocycles. The molecule has 4 nitrogen and oxygen atoms in total. The number of nitrogens with zero attached hydrogens (tertiary/aromatic N) is 1. The van der Waals surface area contributed by atoms with Gasteiger partial charge in [-0.3, -0.25) is 10.1 Å². The predicted molar refractivity (Wildman–Crippen MR) is 76.5 cm³/mol. The molecule has 98 valence electrons. The molecule has 0 atom stereocenters. The van der Waals surface area contributed by atoms with Gasteiger partial charge in [-0.2, -0.15) is 0 Å². The Bertz CT molecular complexity index is 582. The average Bonchev–Trinajstić information content (AvgIpc) is 2.39. The molecular formula is C15H16N2O2. The van der Waals surface area contributed by atoms with Crippen molar-refractivity contribution in [3.05, 3.63) is 69.8 Å². The van der Waals surface area contributed by atoms with Gasteiger partial charge in [-0.25, -0.2) is 0 Å². The quantitative estimate of drug-likeness (QED) is 0.657. The smallest absolute Gasteiger partial charge is 0.272 e. The highest BCUT2D eigenvalue weighted by Gasteiger charge is 2.11. The Kier molecular flexibility index (Phi) is 4.13. The number of aryl methyl sites for hydroxylation is 1. The Hall–Kier alpha value is -2.36. The number of hydrogen-bond acceptors (Lipinski definition) is 3. The van der Waals surface area contributed by atoms with Gasteiger partial charge in [0, 0.05) is 23.9 Å². The van der Waals surface area contributed by atoms with Gasteiger partial charge in [0.05, 0.1) is 4.92 Å². The fourth-order valence-electron chi connectivity index (χ4n) is 2.00. The van der Waals surface area contributed by atoms with Crippen LogP contribution in [0.5, 0.6) is 0 Å². The SMILES string of the molecule is Cc1cccc(NCCc2ccccc2[N+](=O)[O-])c1. The Morgan fingerprint density at radius 3 is 2.68 bits per heavy atom. The Morgan fingerprint density at radius 1 is 1.16 bits per heavy atom. The van der Waals surface area contributed by atoms with Gasteiger partial charge < -0.3 is 5.32 Å². The summed E-state index contributed by atoms with van der Waals surface area (Å²) in [4.78, 5) is 10.6. The fraction of sp³-hybridized carbons (Fsp3) is 0.200. The molecule has 0 aliphatic heterocycles. The van der Waals surface area contributed by atoms with Gasteiger partial charge in [-0.05, 0) is 31.0 Å². The zero-order chi connectivity index (χ0) is 13.7. The molecule has 0 aromatic heterocycles. The minimum Gasteiger partial charge on any atom is -0.385 e. The summed E-state index contributed by atoms with van der Waals surface area (Å²) in [7, 11) is 0. The first kappa shape index (κ1) is 13.1. The molecule has 0 heterocycles. The van der Waals surface area contributed by atoms with Crippen molar-refractivity contribution in [2.75, 3.05) is 11.9 Å². The summed E-state index contributed by atoms with van der Waals surface area (Å²) in [5.74, 6) is 0. The van der Waals surface area contributed by atoms with E-state index in [2.05, 4.69) is 11.4 Å². The van der Waals surface area contributed by atoms with E-state index in [1.807, 2.05) is 31.2 Å². The summed E-state index contributed by atoms with van der Waals surface area (Å²) < 4.78 is 0. The topological polar surface area (TPSA) is 55.2 Å². The highest BCUT2D eigenvalue weighted by atomic mass is 16.6. The zero-order valence-electron chi connectivity index (χ0n) is 10.8. The van der Waals surface area contributed by atoms with Gasteiger partial charge >= 0.3 is 0 Å². The van der Waals surface area contributed by atoms with Crippen LogP contribution < -0.4 is 5.32 Å². The predicted octanol–water partition coefficient (Wildman–Crippen LogP) is 3.56. The summed E-state index contributed by atoms with van der Waals surface area (Å²) in [6, 6.07) is 14.9. The van der Waals surface area contributed by atoms with Gasteiger partial charge in [0.15, 0.2) is 0 Å². The lowest BCUT2D eigenvalue weighted by atomic mass is 10.1. The first-order valence-electron chi connectivity index (χ1n) is 6.19. The number of nitrogens with one attached hydrogen (secondary N) is 1. The van der Waals surface area contributed by atoms with Crippen LogP contribution in [0.1, 0.15) is 11.1 Å². The van der Waals surface area contributed by atoms with E-state index in [1.165, 1.54) is 5.56 Å². The van der Waals surface area contributed by atoms with Crippen LogP contribution in [0.3, 0.4) is 0 Å². The van der Waals surface area contributed by atoms with E-state index >= 15 is 0 Å². The normalized spacial score (nSPS) is 10.2. The van der Waals surface area contributed by atoms with Crippen LogP contribution in [0.25, 0.3) is 0 Å². The van der Waals surface area contributed by atoms with Crippen LogP contribution in [0.2, 0.25) is 0 Å². The number of rotatable bonds is 5. The second-order valence-corrected chi connectivity index (χ2v) is 4.43. The number of anilines is 1. The van der Waals surface area contributed by atoms with Crippen LogP contribution in [-0.4, -0.2) is 11.5 Å². The fourth-order valence-corrected chi connectivity index (χ4v) is 2.00. The van der Waals surface area contributed by atoms with E-state index < -0.39 is 0 Å². The largest absolute Gasteiger partial charge is 0.385 e. The summed E-state index contributed by atoms with van der Waals surface area (Å²) in [5.41, 5.74) is 3.18. The summed E-state index contributed by atoms with van der Waals surface area (Å²) in [6.45, 7) is 2.71. The molecule has 1 N–H and O–H groups in total. The van der Waals surface area contributed by atoms with Crippen LogP contribution >= 0.6 is 0 Å². The van der Waals surface area contributed by atoms with Crippen molar-refractivity contribution in [2.24, 2.45) is 0 Å². The number of nitro benzene ring substituents is 1. The van der Waals surface area contributed by atoms with Gasteiger partial charge in [0.1, 0.15) is 0 Å². The van der Waals surface area contributed by atoms with Gasteiger partial charge in [0.2, 0.25) is 0 Å². The molecule has 0 aliphatic carbocycles. The third-order valence-electron chi connectivity index (χ3n) is 2.93. The molecule has 4 heteroatoms. The average molecular weight is 256 g/mol. The van der Waals surface area contributed by atoms with Crippen molar-refractivity contribution in [1.29, 1.82) is 0 Å². The molecule has 0 amide bonds. The number of nitro groups is 1. The van der Waals surface area contributed by atoms with E-state index in [4.69, 9.17) is 0 Å². The van der Waals surface area contributed by atoms with Gasteiger partial charge in [-0.1, -0.05) is 30.3 Å². The molecular weight excluding hydrogens is 240 g/mol. The van der Waals surface area contributed by atoms with E-state index in [-0.39, 0.29) is 10.6 Å². The summed E-state index contributed by atoms with van der Waals surface area (Å²) in [6.07, 6.45) is 0.630. The van der Waals surface area contributed by atoms with Crippen LogP contribution in [0.15, 0.2) is 48.5 Å². The monoisotopic (exact) mass is 256 g/mol. The lowest BCUT2D eigenvalue weighted by Gasteiger charge is -2.07. The van der Waals surface area contributed by atoms with Crippen LogP contribution in [0.4, 0.5) is 11.4 Å². The number of hydrogen-bond donors (Lipinski definition) is 1. The van der Waals surface area contributed by atoms with Crippen LogP contribution in [0, 0.1) is 17.0 Å². The molecule has 2 rings (SSSR count). The molecule has 0 radical (unpaired) electrons. The lowest BCUT2D eigenvalue weighted by molar-refractivity contribution is -0.385. The second-order valence-electron chi connectivity index (χ2n) is 4.43. The standard InChI is InChI=1S/C15H16N2O2/c1-12-5-4-7-14(11-12)16-10-9-13-6-2-3-8-15(13)17(18)19/h2-8,11,16H,9-10H2,1H3. The first-order valence-corrected chi connectivity index (χ1v) is 6.19.